The van der Waals surface area contributed by atoms with Crippen molar-refractivity contribution >= 4 is 56.9 Å². The van der Waals surface area contributed by atoms with Crippen LogP contribution in [0.2, 0.25) is 5.02 Å². The number of aryl methyl sites for hydroxylation is 1. The Balaban J connectivity index is 0.902. The van der Waals surface area contributed by atoms with Gasteiger partial charge in [0.25, 0.3) is 5.91 Å². The van der Waals surface area contributed by atoms with Crippen LogP contribution in [0.25, 0.3) is 21.9 Å². The number of carbonyl (C=O) groups is 3. The Morgan fingerprint density at radius 1 is 0.964 bits per heavy atom. The van der Waals surface area contributed by atoms with E-state index in [0.29, 0.717) is 45.9 Å². The number of piperidine rings is 2. The molecule has 0 radical (unpaired) electrons. The van der Waals surface area contributed by atoms with E-state index in [9.17, 15) is 19.2 Å². The van der Waals surface area contributed by atoms with E-state index in [0.717, 1.165) is 85.9 Å². The number of aromatic nitrogens is 5. The number of rotatable bonds is 9. The third kappa shape index (κ3) is 7.08. The van der Waals surface area contributed by atoms with E-state index < -0.39 is 11.9 Å². The number of anilines is 1. The summed E-state index contributed by atoms with van der Waals surface area (Å²) in [5, 5.41) is 11.6. The van der Waals surface area contributed by atoms with Crippen LogP contribution in [0.1, 0.15) is 85.3 Å². The van der Waals surface area contributed by atoms with Gasteiger partial charge in [0.15, 0.2) is 0 Å². The Kier molecular flexibility index (Phi) is 10.1. The van der Waals surface area contributed by atoms with Crippen molar-refractivity contribution in [3.63, 3.8) is 0 Å². The molecule has 1 atom stereocenters. The SMILES string of the molecule is COc1cc2nn(C3CCC(CN4CCC(c5c(OC)ccc6c5n(C)c(=O)n6[C@H]5CCC(=O)NC5=O)CC4)CC3)cc2cc1NC(=O)c1cncc(Cl)c1. The molecule has 8 rings (SSSR count). The Bertz CT molecular complexity index is 2350. The van der Waals surface area contributed by atoms with E-state index in [1.54, 1.807) is 36.5 Å². The topological polar surface area (TPSA) is 155 Å². The number of likely N-dealkylation sites (tertiary alicyclic amines) is 1. The second kappa shape index (κ2) is 15.1. The highest BCUT2D eigenvalue weighted by molar-refractivity contribution is 6.30. The molecule has 3 fully saturated rings. The van der Waals surface area contributed by atoms with E-state index in [2.05, 4.69) is 31.4 Å². The molecular formula is C40H45ClN8O6. The molecule has 15 heteroatoms. The van der Waals surface area contributed by atoms with Crippen LogP contribution in [-0.4, -0.2) is 80.4 Å². The van der Waals surface area contributed by atoms with Crippen molar-refractivity contribution in [2.24, 2.45) is 13.0 Å². The molecule has 2 aromatic carbocycles. The fourth-order valence-corrected chi connectivity index (χ4v) is 9.08. The number of pyridine rings is 1. The molecule has 1 aliphatic carbocycles. The Morgan fingerprint density at radius 2 is 1.73 bits per heavy atom. The highest BCUT2D eigenvalue weighted by Crippen LogP contribution is 2.41. The Labute approximate surface area is 322 Å². The quantitative estimate of drug-likeness (QED) is 0.183. The van der Waals surface area contributed by atoms with Gasteiger partial charge in [0.2, 0.25) is 11.8 Å². The van der Waals surface area contributed by atoms with Gasteiger partial charge in [0.05, 0.1) is 53.1 Å². The minimum Gasteiger partial charge on any atom is -0.496 e. The van der Waals surface area contributed by atoms with Gasteiger partial charge in [0.1, 0.15) is 17.5 Å². The summed E-state index contributed by atoms with van der Waals surface area (Å²) in [5.74, 6) is 1.01. The average molecular weight is 769 g/mol. The molecule has 0 spiro atoms. The largest absolute Gasteiger partial charge is 0.496 e. The number of nitrogens with zero attached hydrogens (tertiary/aromatic N) is 6. The molecule has 14 nitrogen and oxygen atoms in total. The van der Waals surface area contributed by atoms with Crippen molar-refractivity contribution in [3.8, 4) is 11.5 Å². The number of amides is 3. The second-order valence-corrected chi connectivity index (χ2v) is 15.5. The molecule has 3 aromatic heterocycles. The molecule has 0 unspecified atom stereocenters. The maximum atomic E-state index is 13.6. The molecule has 1 saturated carbocycles. The highest BCUT2D eigenvalue weighted by Gasteiger charge is 2.34. The first-order chi connectivity index (χ1) is 26.6. The lowest BCUT2D eigenvalue weighted by molar-refractivity contribution is -0.135. The maximum absolute atomic E-state index is 13.6. The van der Waals surface area contributed by atoms with Crippen LogP contribution in [0.4, 0.5) is 5.69 Å². The van der Waals surface area contributed by atoms with Crippen LogP contribution >= 0.6 is 11.6 Å². The highest BCUT2D eigenvalue weighted by atomic mass is 35.5. The van der Waals surface area contributed by atoms with Crippen molar-refractivity contribution in [2.75, 3.05) is 39.2 Å². The number of halogens is 1. The Hall–Kier alpha value is -5.21. The zero-order valence-corrected chi connectivity index (χ0v) is 32.0. The second-order valence-electron chi connectivity index (χ2n) is 15.0. The summed E-state index contributed by atoms with van der Waals surface area (Å²) in [4.78, 5) is 57.7. The molecule has 0 bridgehead atoms. The van der Waals surface area contributed by atoms with Crippen molar-refractivity contribution in [1.82, 2.24) is 34.1 Å². The van der Waals surface area contributed by atoms with Crippen molar-refractivity contribution in [2.45, 2.75) is 69.4 Å². The molecule has 5 heterocycles. The average Bonchev–Trinajstić information content (AvgIpc) is 3.71. The number of fused-ring (bicyclic) bond motifs is 2. The zero-order chi connectivity index (χ0) is 38.4. The minimum atomic E-state index is -0.728. The number of hydrogen-bond donors (Lipinski definition) is 2. The van der Waals surface area contributed by atoms with Crippen LogP contribution in [-0.2, 0) is 16.6 Å². The lowest BCUT2D eigenvalue weighted by atomic mass is 9.84. The molecule has 2 aliphatic heterocycles. The smallest absolute Gasteiger partial charge is 0.329 e. The molecular weight excluding hydrogens is 724 g/mol. The fraction of sp³-hybridized carbons (Fsp3) is 0.450. The van der Waals surface area contributed by atoms with Gasteiger partial charge < -0.3 is 19.7 Å². The number of ether oxygens (including phenoxy) is 2. The van der Waals surface area contributed by atoms with Crippen molar-refractivity contribution < 1.29 is 23.9 Å². The lowest BCUT2D eigenvalue weighted by Crippen LogP contribution is -2.44. The van der Waals surface area contributed by atoms with Crippen LogP contribution in [0.15, 0.2) is 53.7 Å². The molecule has 3 amide bonds. The number of carbonyl (C=O) groups excluding carboxylic acids is 3. The van der Waals surface area contributed by atoms with E-state index >= 15 is 0 Å². The molecule has 2 saturated heterocycles. The summed E-state index contributed by atoms with van der Waals surface area (Å²) in [5.41, 5.74) is 3.96. The Morgan fingerprint density at radius 3 is 2.44 bits per heavy atom. The molecule has 5 aromatic rings. The van der Waals surface area contributed by atoms with Gasteiger partial charge in [-0.2, -0.15) is 5.10 Å². The van der Waals surface area contributed by atoms with Gasteiger partial charge in [-0.1, -0.05) is 11.6 Å². The van der Waals surface area contributed by atoms with Crippen molar-refractivity contribution in [1.29, 1.82) is 0 Å². The normalized spacial score (nSPS) is 21.2. The van der Waals surface area contributed by atoms with E-state index in [-0.39, 0.29) is 29.8 Å². The first-order valence-electron chi connectivity index (χ1n) is 18.9. The van der Waals surface area contributed by atoms with Crippen molar-refractivity contribution in [3.05, 3.63) is 75.6 Å². The van der Waals surface area contributed by atoms with Crippen LogP contribution in [0.3, 0.4) is 0 Å². The van der Waals surface area contributed by atoms with E-state index in [1.165, 1.54) is 12.4 Å². The molecule has 2 N–H and O–H groups in total. The zero-order valence-electron chi connectivity index (χ0n) is 31.2. The van der Waals surface area contributed by atoms with Gasteiger partial charge >= 0.3 is 5.69 Å². The van der Waals surface area contributed by atoms with Gasteiger partial charge in [-0.05, 0) is 94.1 Å². The summed E-state index contributed by atoms with van der Waals surface area (Å²) < 4.78 is 16.7. The van der Waals surface area contributed by atoms with Gasteiger partial charge in [-0.15, -0.1) is 0 Å². The first-order valence-corrected chi connectivity index (χ1v) is 19.3. The number of benzene rings is 2. The van der Waals surface area contributed by atoms with Gasteiger partial charge in [-0.25, -0.2) is 4.79 Å². The summed E-state index contributed by atoms with van der Waals surface area (Å²) in [6.45, 7) is 2.95. The number of imide groups is 1. The van der Waals surface area contributed by atoms with Crippen LogP contribution in [0, 0.1) is 5.92 Å². The standard InChI is InChI=1S/C40H45ClN8O6/c1-46-37-31(49(40(46)53)32-9-11-35(50)44-39(32)52)8-10-33(54-2)36(37)24-12-14-47(15-13-24)21-23-4-6-28(7-5-23)48-22-26-17-30(34(55-3)18-29(26)45-48)43-38(51)25-16-27(41)20-42-19-25/h8,10,16-20,22-24,28,32H,4-7,9,11-15,21H2,1-3H3,(H,43,51)(H,44,50,52)/t23?,28?,32-/m0/s1. The summed E-state index contributed by atoms with van der Waals surface area (Å²) in [6.07, 6.45) is 11.7. The fourth-order valence-electron chi connectivity index (χ4n) is 8.90. The third-order valence-electron chi connectivity index (χ3n) is 11.7. The van der Waals surface area contributed by atoms with Crippen LogP contribution < -0.4 is 25.8 Å². The molecule has 3 aliphatic rings. The summed E-state index contributed by atoms with van der Waals surface area (Å²) >= 11 is 6.04. The maximum Gasteiger partial charge on any atom is 0.329 e. The number of nitrogens with one attached hydrogen (secondary N) is 2. The van der Waals surface area contributed by atoms with Gasteiger partial charge in [0, 0.05) is 55.6 Å². The number of hydrogen-bond acceptors (Lipinski definition) is 9. The lowest BCUT2D eigenvalue weighted by Gasteiger charge is -2.37. The minimum absolute atomic E-state index is 0.198. The predicted octanol–water partition coefficient (Wildman–Crippen LogP) is 5.60. The molecule has 55 heavy (non-hydrogen) atoms. The predicted molar refractivity (Wildman–Crippen MR) is 208 cm³/mol. The first kappa shape index (κ1) is 36.8. The van der Waals surface area contributed by atoms with E-state index in [4.69, 9.17) is 26.2 Å². The molecule has 288 valence electrons. The summed E-state index contributed by atoms with van der Waals surface area (Å²) in [7, 11) is 4.98. The van der Waals surface area contributed by atoms with E-state index in [1.807, 2.05) is 24.3 Å². The monoisotopic (exact) mass is 768 g/mol. The van der Waals surface area contributed by atoms with Gasteiger partial charge in [-0.3, -0.25) is 38.5 Å². The summed E-state index contributed by atoms with van der Waals surface area (Å²) in [6, 6.07) is 8.65. The number of methoxy groups -OCH3 is 2. The third-order valence-corrected chi connectivity index (χ3v) is 12.0. The number of imidazole rings is 1. The van der Waals surface area contributed by atoms with Crippen LogP contribution in [0.5, 0.6) is 11.5 Å².